The van der Waals surface area contributed by atoms with E-state index in [1.165, 1.54) is 0 Å². The van der Waals surface area contributed by atoms with E-state index < -0.39 is 0 Å². The maximum Gasteiger partial charge on any atom is 0.227 e. The van der Waals surface area contributed by atoms with Crippen molar-refractivity contribution in [2.75, 3.05) is 20.1 Å². The molecule has 62 valence electrons. The molecule has 2 atom stereocenters. The van der Waals surface area contributed by atoms with E-state index in [9.17, 15) is 4.79 Å². The van der Waals surface area contributed by atoms with Crippen LogP contribution in [0.4, 0.5) is 0 Å². The van der Waals surface area contributed by atoms with Gasteiger partial charge in [0.25, 0.3) is 0 Å². The zero-order valence-corrected chi connectivity index (χ0v) is 6.84. The lowest BCUT2D eigenvalue weighted by molar-refractivity contribution is -0.130. The molecule has 1 amide bonds. The zero-order valence-electron chi connectivity index (χ0n) is 6.84. The molecule has 0 saturated carbocycles. The van der Waals surface area contributed by atoms with Gasteiger partial charge in [0.2, 0.25) is 5.91 Å². The van der Waals surface area contributed by atoms with Crippen LogP contribution < -0.4 is 5.32 Å². The van der Waals surface area contributed by atoms with Gasteiger partial charge in [0.05, 0.1) is 5.92 Å². The molecule has 2 aliphatic heterocycles. The number of amides is 1. The van der Waals surface area contributed by atoms with Crippen molar-refractivity contribution in [3.05, 3.63) is 0 Å². The Balaban J connectivity index is 2.11. The summed E-state index contributed by atoms with van der Waals surface area (Å²) in [6.07, 6.45) is 2.24. The maximum atomic E-state index is 11.4. The molecule has 2 heterocycles. The molecule has 2 fully saturated rings. The summed E-state index contributed by atoms with van der Waals surface area (Å²) in [5.74, 6) is 0.621. The summed E-state index contributed by atoms with van der Waals surface area (Å²) < 4.78 is 0. The van der Waals surface area contributed by atoms with Gasteiger partial charge in [-0.15, -0.1) is 0 Å². The fourth-order valence-corrected chi connectivity index (χ4v) is 2.11. The van der Waals surface area contributed by atoms with Gasteiger partial charge in [-0.05, 0) is 19.4 Å². The number of likely N-dealkylation sites (tertiary alicyclic amines) is 1. The van der Waals surface area contributed by atoms with Crippen LogP contribution in [0.1, 0.15) is 12.8 Å². The van der Waals surface area contributed by atoms with Crippen molar-refractivity contribution in [3.63, 3.8) is 0 Å². The van der Waals surface area contributed by atoms with E-state index in [0.29, 0.717) is 11.9 Å². The summed E-state index contributed by atoms with van der Waals surface area (Å²) in [5, 5.41) is 3.38. The van der Waals surface area contributed by atoms with Gasteiger partial charge in [-0.2, -0.15) is 0 Å². The van der Waals surface area contributed by atoms with Crippen LogP contribution >= 0.6 is 0 Å². The molecule has 0 aromatic rings. The molecule has 3 nitrogen and oxygen atoms in total. The molecule has 0 aromatic heterocycles. The average Bonchev–Trinajstić information content (AvgIpc) is 2.30. The van der Waals surface area contributed by atoms with E-state index in [-0.39, 0.29) is 5.92 Å². The highest BCUT2D eigenvalue weighted by molar-refractivity contribution is 5.81. The molecule has 2 saturated heterocycles. The lowest BCUT2D eigenvalue weighted by atomic mass is 9.94. The van der Waals surface area contributed by atoms with E-state index in [4.69, 9.17) is 0 Å². The predicted octanol–water partition coefficient (Wildman–Crippen LogP) is -0.173. The molecule has 0 unspecified atom stereocenters. The molecule has 0 aromatic carbocycles. The molecule has 3 heteroatoms. The second kappa shape index (κ2) is 2.48. The Morgan fingerprint density at radius 2 is 2.45 bits per heavy atom. The maximum absolute atomic E-state index is 11.4. The first kappa shape index (κ1) is 7.10. The molecular weight excluding hydrogens is 140 g/mol. The molecule has 0 aliphatic carbocycles. The lowest BCUT2D eigenvalue weighted by Crippen LogP contribution is -2.41. The van der Waals surface area contributed by atoms with E-state index in [2.05, 4.69) is 5.32 Å². The molecule has 2 aliphatic rings. The number of fused-ring (bicyclic) bond motifs is 1. The number of likely N-dealkylation sites (N-methyl/N-ethyl adjacent to an activating group) is 1. The smallest absolute Gasteiger partial charge is 0.227 e. The largest absolute Gasteiger partial charge is 0.344 e. The first-order valence-corrected chi connectivity index (χ1v) is 4.27. The van der Waals surface area contributed by atoms with E-state index >= 15 is 0 Å². The number of nitrogens with one attached hydrogen (secondary N) is 1. The van der Waals surface area contributed by atoms with Crippen molar-refractivity contribution in [3.8, 4) is 0 Å². The number of hydrogen-bond acceptors (Lipinski definition) is 2. The molecule has 11 heavy (non-hydrogen) atoms. The Kier molecular flexibility index (Phi) is 1.60. The van der Waals surface area contributed by atoms with Crippen molar-refractivity contribution < 1.29 is 4.79 Å². The third kappa shape index (κ3) is 1.03. The summed E-state index contributed by atoms with van der Waals surface area (Å²) in [5.41, 5.74) is 0. The van der Waals surface area contributed by atoms with Gasteiger partial charge < -0.3 is 10.2 Å². The number of carbonyl (C=O) groups is 1. The van der Waals surface area contributed by atoms with Crippen LogP contribution in [-0.2, 0) is 4.79 Å². The Labute approximate surface area is 66.8 Å². The second-order valence-corrected chi connectivity index (χ2v) is 3.53. The summed E-state index contributed by atoms with van der Waals surface area (Å²) >= 11 is 0. The predicted molar refractivity (Wildman–Crippen MR) is 42.2 cm³/mol. The quantitative estimate of drug-likeness (QED) is 0.525. The summed E-state index contributed by atoms with van der Waals surface area (Å²) in [7, 11) is 1.89. The number of carbonyl (C=O) groups excluding carboxylic acids is 1. The molecule has 1 N–H and O–H groups in total. The monoisotopic (exact) mass is 154 g/mol. The number of hydrogen-bond donors (Lipinski definition) is 1. The third-order valence-corrected chi connectivity index (χ3v) is 2.75. The SMILES string of the molecule is CN1C[C@H]2NCCC[C@@H]2C1=O. The Hall–Kier alpha value is -0.570. The van der Waals surface area contributed by atoms with Gasteiger partial charge in [0.15, 0.2) is 0 Å². The topological polar surface area (TPSA) is 32.3 Å². The average molecular weight is 154 g/mol. The lowest BCUT2D eigenvalue weighted by Gasteiger charge is -2.23. The normalized spacial score (nSPS) is 37.5. The zero-order chi connectivity index (χ0) is 7.84. The van der Waals surface area contributed by atoms with Crippen molar-refractivity contribution >= 4 is 5.91 Å². The number of nitrogens with zero attached hydrogens (tertiary/aromatic N) is 1. The van der Waals surface area contributed by atoms with Gasteiger partial charge in [0, 0.05) is 19.6 Å². The highest BCUT2D eigenvalue weighted by Crippen LogP contribution is 2.24. The van der Waals surface area contributed by atoms with Crippen molar-refractivity contribution in [1.82, 2.24) is 10.2 Å². The fourth-order valence-electron chi connectivity index (χ4n) is 2.11. The molecular formula is C8H14N2O. The fraction of sp³-hybridized carbons (Fsp3) is 0.875. The Bertz CT molecular complexity index is 181. The first-order chi connectivity index (χ1) is 5.29. The van der Waals surface area contributed by atoms with Crippen LogP contribution in [0, 0.1) is 5.92 Å². The minimum atomic E-state index is 0.286. The van der Waals surface area contributed by atoms with Crippen LogP contribution in [0.5, 0.6) is 0 Å². The van der Waals surface area contributed by atoms with Crippen molar-refractivity contribution in [2.45, 2.75) is 18.9 Å². The van der Waals surface area contributed by atoms with Crippen LogP contribution in [-0.4, -0.2) is 37.0 Å². The molecule has 2 rings (SSSR count). The highest BCUT2D eigenvalue weighted by Gasteiger charge is 2.39. The van der Waals surface area contributed by atoms with Crippen LogP contribution in [0.25, 0.3) is 0 Å². The van der Waals surface area contributed by atoms with Crippen LogP contribution in [0.2, 0.25) is 0 Å². The second-order valence-electron chi connectivity index (χ2n) is 3.53. The van der Waals surface area contributed by atoms with Gasteiger partial charge in [-0.1, -0.05) is 0 Å². The summed E-state index contributed by atoms with van der Waals surface area (Å²) in [6.45, 7) is 1.99. The van der Waals surface area contributed by atoms with E-state index in [1.54, 1.807) is 0 Å². The Morgan fingerprint density at radius 1 is 1.64 bits per heavy atom. The van der Waals surface area contributed by atoms with Gasteiger partial charge in [0.1, 0.15) is 0 Å². The van der Waals surface area contributed by atoms with Gasteiger partial charge >= 0.3 is 0 Å². The summed E-state index contributed by atoms with van der Waals surface area (Å²) in [4.78, 5) is 13.3. The van der Waals surface area contributed by atoms with E-state index in [0.717, 1.165) is 25.9 Å². The number of rotatable bonds is 0. The summed E-state index contributed by atoms with van der Waals surface area (Å²) in [6, 6.07) is 0.446. The van der Waals surface area contributed by atoms with Crippen LogP contribution in [0.3, 0.4) is 0 Å². The van der Waals surface area contributed by atoms with Crippen molar-refractivity contribution in [2.24, 2.45) is 5.92 Å². The Morgan fingerprint density at radius 3 is 3.18 bits per heavy atom. The molecule has 0 bridgehead atoms. The first-order valence-electron chi connectivity index (χ1n) is 4.27. The van der Waals surface area contributed by atoms with Gasteiger partial charge in [-0.3, -0.25) is 4.79 Å². The minimum absolute atomic E-state index is 0.286. The third-order valence-electron chi connectivity index (χ3n) is 2.75. The van der Waals surface area contributed by atoms with Gasteiger partial charge in [-0.25, -0.2) is 0 Å². The highest BCUT2D eigenvalue weighted by atomic mass is 16.2. The molecule has 0 radical (unpaired) electrons. The minimum Gasteiger partial charge on any atom is -0.344 e. The number of piperidine rings is 1. The standard InChI is InChI=1S/C8H14N2O/c1-10-5-7-6(8(10)11)3-2-4-9-7/h6-7,9H,2-5H2,1H3/t6-,7+/m0/s1. The van der Waals surface area contributed by atoms with Crippen molar-refractivity contribution in [1.29, 1.82) is 0 Å². The van der Waals surface area contributed by atoms with Crippen LogP contribution in [0.15, 0.2) is 0 Å². The molecule has 0 spiro atoms. The van der Waals surface area contributed by atoms with E-state index in [1.807, 2.05) is 11.9 Å².